The van der Waals surface area contributed by atoms with Crippen LogP contribution in [0.3, 0.4) is 0 Å². The highest BCUT2D eigenvalue weighted by atomic mass is 35.5. The molecule has 1 aromatic heterocycles. The molecule has 2 aliphatic heterocycles. The van der Waals surface area contributed by atoms with Gasteiger partial charge in [0.25, 0.3) is 5.91 Å². The zero-order valence-electron chi connectivity index (χ0n) is 14.0. The van der Waals surface area contributed by atoms with Crippen LogP contribution >= 0.6 is 24.8 Å². The standard InChI is InChI=1S/C18H19FN4O.2ClH/c19-14-3-1-2-11(6-14)17-15-9-21-7-13(15)10-23(17)18(24)12-4-5-16(20)22-8-12;;/h1-6,8,13,15,17,21H,7,9-10H2,(H2,20,22);2*1H/t13-,15-,17+;;/m0../s1. The number of nitrogens with one attached hydrogen (secondary N) is 1. The third-order valence-electron chi connectivity index (χ3n) is 5.05. The minimum absolute atomic E-state index is 0. The maximum atomic E-state index is 13.7. The van der Waals surface area contributed by atoms with E-state index in [1.165, 1.54) is 18.3 Å². The van der Waals surface area contributed by atoms with Gasteiger partial charge in [0.2, 0.25) is 0 Å². The second kappa shape index (κ2) is 8.20. The topological polar surface area (TPSA) is 71.2 Å². The van der Waals surface area contributed by atoms with Crippen LogP contribution in [0.5, 0.6) is 0 Å². The van der Waals surface area contributed by atoms with Crippen LogP contribution in [0.4, 0.5) is 10.2 Å². The Kier molecular flexibility index (Phi) is 6.44. The van der Waals surface area contributed by atoms with Crippen molar-refractivity contribution in [3.8, 4) is 0 Å². The van der Waals surface area contributed by atoms with E-state index in [1.54, 1.807) is 18.2 Å². The molecule has 0 saturated carbocycles. The number of nitrogen functional groups attached to an aromatic ring is 1. The molecular formula is C18H21Cl2FN4O. The Morgan fingerprint density at radius 1 is 1.23 bits per heavy atom. The van der Waals surface area contributed by atoms with E-state index < -0.39 is 0 Å². The number of hydrogen-bond donors (Lipinski definition) is 2. The minimum Gasteiger partial charge on any atom is -0.384 e. The van der Waals surface area contributed by atoms with Crippen molar-refractivity contribution in [3.63, 3.8) is 0 Å². The molecule has 2 fully saturated rings. The van der Waals surface area contributed by atoms with Crippen LogP contribution in [0.15, 0.2) is 42.6 Å². The molecule has 0 spiro atoms. The summed E-state index contributed by atoms with van der Waals surface area (Å²) < 4.78 is 13.7. The zero-order chi connectivity index (χ0) is 16.7. The summed E-state index contributed by atoms with van der Waals surface area (Å²) in [6.07, 6.45) is 1.51. The number of fused-ring (bicyclic) bond motifs is 1. The number of pyridine rings is 1. The monoisotopic (exact) mass is 398 g/mol. The average molecular weight is 399 g/mol. The lowest BCUT2D eigenvalue weighted by Crippen LogP contribution is -2.34. The second-order valence-electron chi connectivity index (χ2n) is 6.51. The van der Waals surface area contributed by atoms with E-state index in [0.717, 1.165) is 18.7 Å². The maximum absolute atomic E-state index is 13.7. The van der Waals surface area contributed by atoms with Gasteiger partial charge in [-0.05, 0) is 35.7 Å². The fourth-order valence-electron chi connectivity index (χ4n) is 3.94. The lowest BCUT2D eigenvalue weighted by Gasteiger charge is -2.28. The Balaban J connectivity index is 0.00000121. The summed E-state index contributed by atoms with van der Waals surface area (Å²) in [7, 11) is 0. The Labute approximate surface area is 164 Å². The van der Waals surface area contributed by atoms with Crippen molar-refractivity contribution in [2.45, 2.75) is 6.04 Å². The van der Waals surface area contributed by atoms with Crippen LogP contribution in [-0.2, 0) is 0 Å². The lowest BCUT2D eigenvalue weighted by molar-refractivity contribution is 0.0713. The van der Waals surface area contributed by atoms with Gasteiger partial charge in [0, 0.05) is 31.7 Å². The highest BCUT2D eigenvalue weighted by Crippen LogP contribution is 2.43. The number of amides is 1. The normalized spacial score (nSPS) is 23.7. The number of rotatable bonds is 2. The van der Waals surface area contributed by atoms with Gasteiger partial charge in [-0.25, -0.2) is 9.37 Å². The third-order valence-corrected chi connectivity index (χ3v) is 5.05. The summed E-state index contributed by atoms with van der Waals surface area (Å²) in [6.45, 7) is 2.40. The quantitative estimate of drug-likeness (QED) is 0.815. The highest BCUT2D eigenvalue weighted by Gasteiger charge is 2.46. The van der Waals surface area contributed by atoms with E-state index in [1.807, 2.05) is 11.0 Å². The summed E-state index contributed by atoms with van der Waals surface area (Å²) in [6, 6.07) is 9.77. The fourth-order valence-corrected chi connectivity index (χ4v) is 3.94. The summed E-state index contributed by atoms with van der Waals surface area (Å²) >= 11 is 0. The highest BCUT2D eigenvalue weighted by molar-refractivity contribution is 5.94. The molecular weight excluding hydrogens is 378 g/mol. The third kappa shape index (κ3) is 3.63. The van der Waals surface area contributed by atoms with Crippen molar-refractivity contribution in [3.05, 3.63) is 59.5 Å². The van der Waals surface area contributed by atoms with E-state index in [9.17, 15) is 9.18 Å². The van der Waals surface area contributed by atoms with Crippen LogP contribution in [0.25, 0.3) is 0 Å². The molecule has 3 heterocycles. The number of halogens is 3. The van der Waals surface area contributed by atoms with E-state index in [4.69, 9.17) is 5.73 Å². The maximum Gasteiger partial charge on any atom is 0.255 e. The van der Waals surface area contributed by atoms with E-state index in [-0.39, 0.29) is 42.6 Å². The second-order valence-corrected chi connectivity index (χ2v) is 6.51. The zero-order valence-corrected chi connectivity index (χ0v) is 15.6. The molecule has 0 radical (unpaired) electrons. The number of aromatic nitrogens is 1. The van der Waals surface area contributed by atoms with Crippen molar-refractivity contribution in [2.75, 3.05) is 25.4 Å². The first-order valence-corrected chi connectivity index (χ1v) is 8.12. The smallest absolute Gasteiger partial charge is 0.255 e. The largest absolute Gasteiger partial charge is 0.384 e. The van der Waals surface area contributed by atoms with E-state index in [2.05, 4.69) is 10.3 Å². The number of hydrogen-bond acceptors (Lipinski definition) is 4. The number of nitrogens with two attached hydrogens (primary N) is 1. The predicted molar refractivity (Wildman–Crippen MR) is 103 cm³/mol. The summed E-state index contributed by atoms with van der Waals surface area (Å²) in [5.74, 6) is 0.729. The summed E-state index contributed by atoms with van der Waals surface area (Å²) in [5.41, 5.74) is 6.97. The molecule has 0 unspecified atom stereocenters. The molecule has 4 rings (SSSR count). The number of likely N-dealkylation sites (tertiary alicyclic amines) is 1. The van der Waals surface area contributed by atoms with Crippen LogP contribution < -0.4 is 11.1 Å². The number of carbonyl (C=O) groups excluding carboxylic acids is 1. The van der Waals surface area contributed by atoms with E-state index in [0.29, 0.717) is 29.8 Å². The van der Waals surface area contributed by atoms with Gasteiger partial charge >= 0.3 is 0 Å². The Hall–Kier alpha value is -1.89. The summed E-state index contributed by atoms with van der Waals surface area (Å²) in [5, 5.41) is 3.38. The molecule has 8 heteroatoms. The molecule has 0 aliphatic carbocycles. The van der Waals surface area contributed by atoms with Gasteiger partial charge in [-0.3, -0.25) is 4.79 Å². The van der Waals surface area contributed by atoms with Crippen molar-refractivity contribution in [2.24, 2.45) is 11.8 Å². The van der Waals surface area contributed by atoms with E-state index >= 15 is 0 Å². The van der Waals surface area contributed by atoms with Crippen LogP contribution in [0.1, 0.15) is 22.0 Å². The van der Waals surface area contributed by atoms with Crippen molar-refractivity contribution in [1.82, 2.24) is 15.2 Å². The summed E-state index contributed by atoms with van der Waals surface area (Å²) in [4.78, 5) is 18.9. The number of carbonyl (C=O) groups is 1. The SMILES string of the molecule is Cl.Cl.Nc1ccc(C(=O)N2C[C@@H]3CNC[C@@H]3[C@H]2c2cccc(F)c2)cn1. The van der Waals surface area contributed by atoms with Gasteiger partial charge in [0.15, 0.2) is 0 Å². The first-order chi connectivity index (χ1) is 11.6. The molecule has 0 bridgehead atoms. The fraction of sp³-hybridized carbons (Fsp3) is 0.333. The van der Waals surface area contributed by atoms with Crippen molar-refractivity contribution >= 4 is 36.5 Å². The Morgan fingerprint density at radius 3 is 2.73 bits per heavy atom. The number of nitrogens with zero attached hydrogens (tertiary/aromatic N) is 2. The van der Waals surface area contributed by atoms with Crippen LogP contribution in [0, 0.1) is 17.7 Å². The molecule has 3 atom stereocenters. The number of benzene rings is 1. The van der Waals surface area contributed by atoms with Crippen LogP contribution in [0.2, 0.25) is 0 Å². The molecule has 26 heavy (non-hydrogen) atoms. The van der Waals surface area contributed by atoms with Gasteiger partial charge in [0.1, 0.15) is 11.6 Å². The van der Waals surface area contributed by atoms with Crippen molar-refractivity contribution in [1.29, 1.82) is 0 Å². The lowest BCUT2D eigenvalue weighted by atomic mass is 9.89. The molecule has 140 valence electrons. The molecule has 1 amide bonds. The van der Waals surface area contributed by atoms with Gasteiger partial charge in [-0.1, -0.05) is 12.1 Å². The molecule has 2 aliphatic rings. The van der Waals surface area contributed by atoms with Gasteiger partial charge < -0.3 is 16.0 Å². The molecule has 5 nitrogen and oxygen atoms in total. The Morgan fingerprint density at radius 2 is 2.04 bits per heavy atom. The average Bonchev–Trinajstić information content (AvgIpc) is 3.15. The first kappa shape index (κ1) is 20.4. The molecule has 1 aromatic carbocycles. The van der Waals surface area contributed by atoms with Crippen LogP contribution in [-0.4, -0.2) is 35.4 Å². The first-order valence-electron chi connectivity index (χ1n) is 8.12. The van der Waals surface area contributed by atoms with Gasteiger partial charge in [-0.2, -0.15) is 0 Å². The molecule has 2 saturated heterocycles. The number of anilines is 1. The predicted octanol–water partition coefficient (Wildman–Crippen LogP) is 2.68. The molecule has 2 aromatic rings. The molecule has 3 N–H and O–H groups in total. The minimum atomic E-state index is -0.275. The van der Waals surface area contributed by atoms with Gasteiger partial charge in [0.05, 0.1) is 11.6 Å². The van der Waals surface area contributed by atoms with Gasteiger partial charge in [-0.15, -0.1) is 24.8 Å². The Bertz CT molecular complexity index is 774. The van der Waals surface area contributed by atoms with Crippen molar-refractivity contribution < 1.29 is 9.18 Å².